The van der Waals surface area contributed by atoms with Crippen LogP contribution in [0.5, 0.6) is 0 Å². The second-order valence-corrected chi connectivity index (χ2v) is 2.68. The number of nitrogens with zero attached hydrogens (tertiary/aromatic N) is 1. The van der Waals surface area contributed by atoms with Gasteiger partial charge in [0.15, 0.2) is 0 Å². The first-order chi connectivity index (χ1) is 6.25. The van der Waals surface area contributed by atoms with E-state index in [1.54, 1.807) is 23.1 Å². The summed E-state index contributed by atoms with van der Waals surface area (Å²) in [6.07, 6.45) is 1.70. The van der Waals surface area contributed by atoms with Crippen molar-refractivity contribution < 1.29 is 4.79 Å². The molecule has 1 aromatic carbocycles. The highest BCUT2D eigenvalue weighted by Crippen LogP contribution is 2.12. The van der Waals surface area contributed by atoms with Crippen molar-refractivity contribution in [2.24, 2.45) is 0 Å². The number of amides is 1. The van der Waals surface area contributed by atoms with Gasteiger partial charge in [0.2, 0.25) is 5.91 Å². The van der Waals surface area contributed by atoms with Crippen LogP contribution in [0.2, 0.25) is 0 Å². The van der Waals surface area contributed by atoms with E-state index in [2.05, 4.69) is 12.6 Å². The highest BCUT2D eigenvalue weighted by molar-refractivity contribution is 5.91. The standard InChI is InChI=1S/C11H12NO/c1-3-9-12(10(2)13)11-7-5-4-6-8-11/h3-5,7-8H,1,9H2,2H3. The molecule has 0 aliphatic carbocycles. The topological polar surface area (TPSA) is 20.3 Å². The summed E-state index contributed by atoms with van der Waals surface area (Å²) < 4.78 is 0. The van der Waals surface area contributed by atoms with Crippen molar-refractivity contribution in [1.82, 2.24) is 0 Å². The summed E-state index contributed by atoms with van der Waals surface area (Å²) in [6, 6.07) is 10.2. The molecular formula is C11H12NO. The summed E-state index contributed by atoms with van der Waals surface area (Å²) in [5, 5.41) is 0. The maximum atomic E-state index is 11.2. The molecule has 0 saturated carbocycles. The largest absolute Gasteiger partial charge is 0.309 e. The van der Waals surface area contributed by atoms with Gasteiger partial charge in [-0.15, -0.1) is 6.58 Å². The van der Waals surface area contributed by atoms with Crippen LogP contribution >= 0.6 is 0 Å². The molecule has 1 rings (SSSR count). The first-order valence-corrected chi connectivity index (χ1v) is 4.11. The molecule has 67 valence electrons. The Balaban J connectivity index is 2.88. The predicted molar refractivity (Wildman–Crippen MR) is 53.5 cm³/mol. The Bertz CT molecular complexity index is 292. The minimum absolute atomic E-state index is 0.0134. The van der Waals surface area contributed by atoms with E-state index in [9.17, 15) is 4.79 Å². The molecule has 0 unspecified atom stereocenters. The van der Waals surface area contributed by atoms with Crippen molar-refractivity contribution in [3.63, 3.8) is 0 Å². The summed E-state index contributed by atoms with van der Waals surface area (Å²) in [6.45, 7) is 5.68. The third kappa shape index (κ3) is 2.44. The zero-order chi connectivity index (χ0) is 9.68. The van der Waals surface area contributed by atoms with Crippen molar-refractivity contribution in [2.75, 3.05) is 11.4 Å². The fraction of sp³-hybridized carbons (Fsp3) is 0.182. The Labute approximate surface area is 78.5 Å². The minimum Gasteiger partial charge on any atom is -0.309 e. The maximum absolute atomic E-state index is 11.2. The van der Waals surface area contributed by atoms with E-state index in [4.69, 9.17) is 0 Å². The van der Waals surface area contributed by atoms with Crippen molar-refractivity contribution in [3.05, 3.63) is 43.0 Å². The molecule has 13 heavy (non-hydrogen) atoms. The van der Waals surface area contributed by atoms with E-state index in [1.807, 2.05) is 12.1 Å². The average molecular weight is 174 g/mol. The van der Waals surface area contributed by atoms with Crippen LogP contribution in [0.15, 0.2) is 36.9 Å². The summed E-state index contributed by atoms with van der Waals surface area (Å²) in [5.74, 6) is 0.0134. The number of carbonyl (C=O) groups is 1. The minimum atomic E-state index is 0.0134. The van der Waals surface area contributed by atoms with Crippen LogP contribution in [-0.2, 0) is 4.79 Å². The van der Waals surface area contributed by atoms with E-state index in [0.717, 1.165) is 5.69 Å². The molecule has 2 nitrogen and oxygen atoms in total. The lowest BCUT2D eigenvalue weighted by Gasteiger charge is -2.18. The second-order valence-electron chi connectivity index (χ2n) is 2.68. The molecule has 0 aromatic heterocycles. The van der Waals surface area contributed by atoms with Crippen molar-refractivity contribution in [3.8, 4) is 0 Å². The number of rotatable bonds is 3. The fourth-order valence-electron chi connectivity index (χ4n) is 1.10. The van der Waals surface area contributed by atoms with Gasteiger partial charge >= 0.3 is 0 Å². The molecule has 0 aliphatic heterocycles. The first kappa shape index (κ1) is 9.52. The van der Waals surface area contributed by atoms with Crippen LogP contribution in [0.3, 0.4) is 0 Å². The van der Waals surface area contributed by atoms with E-state index in [-0.39, 0.29) is 5.91 Å². The lowest BCUT2D eigenvalue weighted by molar-refractivity contribution is -0.116. The molecule has 1 radical (unpaired) electrons. The summed E-state index contributed by atoms with van der Waals surface area (Å²) in [5.41, 5.74) is 0.856. The SMILES string of the molecule is C=CCN(C(C)=O)c1c[c]ccc1. The molecule has 2 heteroatoms. The van der Waals surface area contributed by atoms with Crippen LogP contribution in [0.25, 0.3) is 0 Å². The Morgan fingerprint density at radius 3 is 3.00 bits per heavy atom. The van der Waals surface area contributed by atoms with Gasteiger partial charge in [0.05, 0.1) is 0 Å². The highest BCUT2D eigenvalue weighted by atomic mass is 16.2. The zero-order valence-corrected chi connectivity index (χ0v) is 7.66. The van der Waals surface area contributed by atoms with Gasteiger partial charge in [-0.2, -0.15) is 0 Å². The van der Waals surface area contributed by atoms with E-state index in [1.165, 1.54) is 6.92 Å². The Kier molecular flexibility index (Phi) is 3.26. The van der Waals surface area contributed by atoms with Crippen LogP contribution in [0.1, 0.15) is 6.92 Å². The first-order valence-electron chi connectivity index (χ1n) is 4.11. The molecule has 0 saturated heterocycles. The Morgan fingerprint density at radius 2 is 2.54 bits per heavy atom. The molecule has 0 heterocycles. The van der Waals surface area contributed by atoms with Crippen molar-refractivity contribution in [2.45, 2.75) is 6.92 Å². The summed E-state index contributed by atoms with van der Waals surface area (Å²) in [4.78, 5) is 12.8. The second kappa shape index (κ2) is 4.45. The van der Waals surface area contributed by atoms with Gasteiger partial charge < -0.3 is 4.90 Å². The molecule has 0 N–H and O–H groups in total. The van der Waals surface area contributed by atoms with Crippen molar-refractivity contribution in [1.29, 1.82) is 0 Å². The molecule has 1 aromatic rings. The molecule has 0 bridgehead atoms. The quantitative estimate of drug-likeness (QED) is 0.642. The lowest BCUT2D eigenvalue weighted by atomic mass is 10.3. The van der Waals surface area contributed by atoms with Crippen LogP contribution in [0.4, 0.5) is 5.69 Å². The third-order valence-corrected chi connectivity index (χ3v) is 1.69. The van der Waals surface area contributed by atoms with Gasteiger partial charge in [-0.05, 0) is 18.2 Å². The van der Waals surface area contributed by atoms with Gasteiger partial charge in [0.1, 0.15) is 0 Å². The average Bonchev–Trinajstić information content (AvgIpc) is 2.15. The van der Waals surface area contributed by atoms with Crippen LogP contribution < -0.4 is 4.90 Å². The molecule has 0 aliphatic rings. The molecule has 1 amide bonds. The monoisotopic (exact) mass is 174 g/mol. The van der Waals surface area contributed by atoms with Gasteiger partial charge in [-0.3, -0.25) is 4.79 Å². The smallest absolute Gasteiger partial charge is 0.224 e. The van der Waals surface area contributed by atoms with Crippen LogP contribution in [0, 0.1) is 6.07 Å². The molecule has 0 fully saturated rings. The van der Waals surface area contributed by atoms with E-state index >= 15 is 0 Å². The molecule has 0 spiro atoms. The Morgan fingerprint density at radius 1 is 1.77 bits per heavy atom. The zero-order valence-electron chi connectivity index (χ0n) is 7.66. The van der Waals surface area contributed by atoms with E-state index in [0.29, 0.717) is 6.54 Å². The number of anilines is 1. The van der Waals surface area contributed by atoms with Gasteiger partial charge in [-0.25, -0.2) is 0 Å². The normalized spacial score (nSPS) is 9.31. The lowest BCUT2D eigenvalue weighted by Crippen LogP contribution is -2.28. The number of hydrogen-bond donors (Lipinski definition) is 0. The van der Waals surface area contributed by atoms with Gasteiger partial charge in [0.25, 0.3) is 0 Å². The predicted octanol–water partition coefficient (Wildman–Crippen LogP) is 2.03. The van der Waals surface area contributed by atoms with Crippen LogP contribution in [-0.4, -0.2) is 12.5 Å². The van der Waals surface area contributed by atoms with Crippen molar-refractivity contribution >= 4 is 11.6 Å². The maximum Gasteiger partial charge on any atom is 0.224 e. The summed E-state index contributed by atoms with van der Waals surface area (Å²) in [7, 11) is 0. The molecule has 0 atom stereocenters. The van der Waals surface area contributed by atoms with Gasteiger partial charge in [-0.1, -0.05) is 18.2 Å². The number of benzene rings is 1. The summed E-state index contributed by atoms with van der Waals surface area (Å²) >= 11 is 0. The number of carbonyl (C=O) groups excluding carboxylic acids is 1. The third-order valence-electron chi connectivity index (χ3n) is 1.69. The number of hydrogen-bond acceptors (Lipinski definition) is 1. The highest BCUT2D eigenvalue weighted by Gasteiger charge is 2.07. The fourth-order valence-corrected chi connectivity index (χ4v) is 1.10. The van der Waals surface area contributed by atoms with E-state index < -0.39 is 0 Å². The van der Waals surface area contributed by atoms with Gasteiger partial charge in [0, 0.05) is 19.2 Å². The molecular weight excluding hydrogens is 162 g/mol. The Hall–Kier alpha value is -1.57.